The maximum atomic E-state index is 12.7. The third kappa shape index (κ3) is 5.36. The second-order valence-electron chi connectivity index (χ2n) is 6.53. The van der Waals surface area contributed by atoms with Crippen molar-refractivity contribution in [2.75, 3.05) is 11.8 Å². The van der Waals surface area contributed by atoms with E-state index in [0.717, 1.165) is 16.9 Å². The summed E-state index contributed by atoms with van der Waals surface area (Å²) in [6, 6.07) is 20.3. The lowest BCUT2D eigenvalue weighted by atomic mass is 10.2. The zero-order chi connectivity index (χ0) is 20.9. The molecule has 150 valence electrons. The summed E-state index contributed by atoms with van der Waals surface area (Å²) < 4.78 is 33.0. The van der Waals surface area contributed by atoms with E-state index >= 15 is 0 Å². The van der Waals surface area contributed by atoms with Crippen molar-refractivity contribution in [2.24, 2.45) is 0 Å². The number of nitrogens with one attached hydrogen (secondary N) is 2. The van der Waals surface area contributed by atoms with Gasteiger partial charge in [-0.2, -0.15) is 0 Å². The Bertz CT molecular complexity index is 1110. The first-order valence-corrected chi connectivity index (χ1v) is 10.5. The van der Waals surface area contributed by atoms with E-state index in [-0.39, 0.29) is 16.4 Å². The molecule has 0 aromatic heterocycles. The van der Waals surface area contributed by atoms with Crippen molar-refractivity contribution < 1.29 is 17.9 Å². The van der Waals surface area contributed by atoms with E-state index in [9.17, 15) is 13.2 Å². The van der Waals surface area contributed by atoms with Crippen molar-refractivity contribution in [2.45, 2.75) is 18.4 Å². The van der Waals surface area contributed by atoms with Crippen LogP contribution in [0.1, 0.15) is 21.5 Å². The summed E-state index contributed by atoms with van der Waals surface area (Å²) >= 11 is 0. The molecule has 7 heteroatoms. The Kier molecular flexibility index (Phi) is 6.19. The van der Waals surface area contributed by atoms with Gasteiger partial charge in [-0.25, -0.2) is 8.42 Å². The molecule has 0 aliphatic rings. The number of benzene rings is 3. The van der Waals surface area contributed by atoms with Gasteiger partial charge >= 0.3 is 0 Å². The van der Waals surface area contributed by atoms with Crippen LogP contribution in [0.4, 0.5) is 5.69 Å². The van der Waals surface area contributed by atoms with E-state index in [4.69, 9.17) is 4.74 Å². The summed E-state index contributed by atoms with van der Waals surface area (Å²) in [5, 5.41) is 2.79. The summed E-state index contributed by atoms with van der Waals surface area (Å²) in [5.41, 5.74) is 2.59. The summed E-state index contributed by atoms with van der Waals surface area (Å²) in [6.07, 6.45) is 0. The Hall–Kier alpha value is -3.32. The number of carbonyl (C=O) groups is 1. The highest BCUT2D eigenvalue weighted by Crippen LogP contribution is 2.18. The third-order valence-corrected chi connectivity index (χ3v) is 5.67. The van der Waals surface area contributed by atoms with Gasteiger partial charge in [-0.05, 0) is 60.5 Å². The zero-order valence-corrected chi connectivity index (χ0v) is 17.0. The molecule has 3 rings (SSSR count). The fraction of sp³-hybridized carbons (Fsp3) is 0.136. The molecule has 0 heterocycles. The Morgan fingerprint density at radius 2 is 1.69 bits per heavy atom. The fourth-order valence-corrected chi connectivity index (χ4v) is 3.85. The van der Waals surface area contributed by atoms with Crippen molar-refractivity contribution in [3.8, 4) is 5.75 Å². The number of methoxy groups -OCH3 is 1. The van der Waals surface area contributed by atoms with Crippen LogP contribution in [0.5, 0.6) is 5.75 Å². The summed E-state index contributed by atoms with van der Waals surface area (Å²) in [5.74, 6) is 0.382. The summed E-state index contributed by atoms with van der Waals surface area (Å²) in [4.78, 5) is 12.5. The van der Waals surface area contributed by atoms with Gasteiger partial charge in [0, 0.05) is 17.8 Å². The minimum absolute atomic E-state index is 0.0242. The van der Waals surface area contributed by atoms with E-state index in [2.05, 4.69) is 10.0 Å². The minimum Gasteiger partial charge on any atom is -0.497 e. The topological polar surface area (TPSA) is 84.5 Å². The van der Waals surface area contributed by atoms with Gasteiger partial charge in [0.1, 0.15) is 5.75 Å². The SMILES string of the molecule is COc1ccc(CNC(=O)c2cccc(S(=O)(=O)Nc3cccc(C)c3)c2)cc1. The number of hydrogen-bond donors (Lipinski definition) is 2. The molecule has 0 fully saturated rings. The molecule has 0 saturated heterocycles. The molecule has 0 saturated carbocycles. The lowest BCUT2D eigenvalue weighted by molar-refractivity contribution is 0.0950. The quantitative estimate of drug-likeness (QED) is 0.622. The van der Waals surface area contributed by atoms with Crippen molar-refractivity contribution in [3.05, 3.63) is 89.5 Å². The van der Waals surface area contributed by atoms with Crippen LogP contribution < -0.4 is 14.8 Å². The summed E-state index contributed by atoms with van der Waals surface area (Å²) in [6.45, 7) is 2.20. The number of carbonyl (C=O) groups excluding carboxylic acids is 1. The van der Waals surface area contributed by atoms with Gasteiger partial charge in [0.05, 0.1) is 12.0 Å². The smallest absolute Gasteiger partial charge is 0.261 e. The molecule has 0 aliphatic heterocycles. The van der Waals surface area contributed by atoms with Crippen LogP contribution in [0.25, 0.3) is 0 Å². The first kappa shape index (κ1) is 20.4. The number of aryl methyl sites for hydroxylation is 1. The van der Waals surface area contributed by atoms with Gasteiger partial charge in [0.15, 0.2) is 0 Å². The number of rotatable bonds is 7. The maximum absolute atomic E-state index is 12.7. The van der Waals surface area contributed by atoms with Gasteiger partial charge in [0.25, 0.3) is 15.9 Å². The second kappa shape index (κ2) is 8.79. The Labute approximate surface area is 170 Å². The first-order chi connectivity index (χ1) is 13.9. The van der Waals surface area contributed by atoms with Crippen molar-refractivity contribution in [3.63, 3.8) is 0 Å². The molecule has 1 amide bonds. The first-order valence-electron chi connectivity index (χ1n) is 8.98. The molecule has 0 unspecified atom stereocenters. The van der Waals surface area contributed by atoms with Crippen LogP contribution in [0.15, 0.2) is 77.7 Å². The molecular weight excluding hydrogens is 388 g/mol. The number of ether oxygens (including phenoxy) is 1. The standard InChI is InChI=1S/C22H22N2O4S/c1-16-5-3-7-19(13-16)24-29(26,27)21-8-4-6-18(14-21)22(25)23-15-17-9-11-20(28-2)12-10-17/h3-14,24H,15H2,1-2H3,(H,23,25). The van der Waals surface area contributed by atoms with Crippen molar-refractivity contribution >= 4 is 21.6 Å². The molecule has 2 N–H and O–H groups in total. The Morgan fingerprint density at radius 1 is 0.966 bits per heavy atom. The van der Waals surface area contributed by atoms with E-state index in [1.54, 1.807) is 37.4 Å². The van der Waals surface area contributed by atoms with Gasteiger partial charge in [-0.15, -0.1) is 0 Å². The molecule has 0 spiro atoms. The molecule has 29 heavy (non-hydrogen) atoms. The predicted octanol–water partition coefficient (Wildman–Crippen LogP) is 3.73. The molecular formula is C22H22N2O4S. The second-order valence-corrected chi connectivity index (χ2v) is 8.22. The Morgan fingerprint density at radius 3 is 2.38 bits per heavy atom. The monoisotopic (exact) mass is 410 g/mol. The zero-order valence-electron chi connectivity index (χ0n) is 16.2. The van der Waals surface area contributed by atoms with Crippen LogP contribution in [0.2, 0.25) is 0 Å². The van der Waals surface area contributed by atoms with Crippen LogP contribution in [-0.4, -0.2) is 21.4 Å². The average Bonchev–Trinajstić information content (AvgIpc) is 2.72. The highest BCUT2D eigenvalue weighted by molar-refractivity contribution is 7.92. The van der Waals surface area contributed by atoms with Crippen molar-refractivity contribution in [1.29, 1.82) is 0 Å². The number of hydrogen-bond acceptors (Lipinski definition) is 4. The lowest BCUT2D eigenvalue weighted by Gasteiger charge is -2.10. The largest absolute Gasteiger partial charge is 0.497 e. The minimum atomic E-state index is -3.80. The number of amides is 1. The lowest BCUT2D eigenvalue weighted by Crippen LogP contribution is -2.23. The van der Waals surface area contributed by atoms with Crippen LogP contribution in [-0.2, 0) is 16.6 Å². The fourth-order valence-electron chi connectivity index (χ4n) is 2.75. The van der Waals surface area contributed by atoms with E-state index < -0.39 is 10.0 Å². The van der Waals surface area contributed by atoms with Gasteiger partial charge in [0.2, 0.25) is 0 Å². The molecule has 0 atom stereocenters. The van der Waals surface area contributed by atoms with Crippen molar-refractivity contribution in [1.82, 2.24) is 5.32 Å². The molecule has 6 nitrogen and oxygen atoms in total. The number of anilines is 1. The van der Waals surface area contributed by atoms with E-state index in [1.165, 1.54) is 12.1 Å². The van der Waals surface area contributed by atoms with Gasteiger partial charge < -0.3 is 10.1 Å². The average molecular weight is 410 g/mol. The normalized spacial score (nSPS) is 11.0. The molecule has 3 aromatic rings. The maximum Gasteiger partial charge on any atom is 0.261 e. The predicted molar refractivity (Wildman–Crippen MR) is 113 cm³/mol. The third-order valence-electron chi connectivity index (χ3n) is 4.29. The highest BCUT2D eigenvalue weighted by atomic mass is 32.2. The van der Waals surface area contributed by atoms with Crippen LogP contribution >= 0.6 is 0 Å². The van der Waals surface area contributed by atoms with Crippen LogP contribution in [0.3, 0.4) is 0 Å². The Balaban J connectivity index is 1.71. The number of sulfonamides is 1. The van der Waals surface area contributed by atoms with E-state index in [0.29, 0.717) is 12.2 Å². The van der Waals surface area contributed by atoms with Crippen LogP contribution in [0, 0.1) is 6.92 Å². The molecule has 0 aliphatic carbocycles. The molecule has 3 aromatic carbocycles. The summed E-state index contributed by atoms with van der Waals surface area (Å²) in [7, 11) is -2.22. The van der Waals surface area contributed by atoms with Gasteiger partial charge in [-0.3, -0.25) is 9.52 Å². The highest BCUT2D eigenvalue weighted by Gasteiger charge is 2.16. The van der Waals surface area contributed by atoms with Gasteiger partial charge in [-0.1, -0.05) is 30.3 Å². The van der Waals surface area contributed by atoms with E-state index in [1.807, 2.05) is 37.3 Å². The molecule has 0 radical (unpaired) electrons. The molecule has 0 bridgehead atoms.